The summed E-state index contributed by atoms with van der Waals surface area (Å²) in [7, 11) is 0. The summed E-state index contributed by atoms with van der Waals surface area (Å²) in [5, 5.41) is 1.11. The van der Waals surface area contributed by atoms with E-state index in [1.807, 2.05) is 128 Å². The van der Waals surface area contributed by atoms with Crippen LogP contribution in [0.2, 0.25) is 0 Å². The van der Waals surface area contributed by atoms with Crippen molar-refractivity contribution in [1.29, 1.82) is 0 Å². The van der Waals surface area contributed by atoms with Crippen LogP contribution in [0.15, 0.2) is 173 Å². The fourth-order valence-electron chi connectivity index (χ4n) is 6.47. The summed E-state index contributed by atoms with van der Waals surface area (Å²) in [6, 6.07) is 52.5. The zero-order valence-corrected chi connectivity index (χ0v) is 27.6. The van der Waals surface area contributed by atoms with E-state index in [-0.39, 0.29) is 0 Å². The van der Waals surface area contributed by atoms with E-state index < -0.39 is 0 Å². The number of pyridine rings is 1. The highest BCUT2D eigenvalue weighted by molar-refractivity contribution is 5.84. The Hall–Kier alpha value is -7.25. The van der Waals surface area contributed by atoms with Crippen molar-refractivity contribution >= 4 is 33.1 Å². The van der Waals surface area contributed by atoms with E-state index in [0.717, 1.165) is 83.4 Å². The second-order valence-corrected chi connectivity index (χ2v) is 12.6. The van der Waals surface area contributed by atoms with Gasteiger partial charge in [0, 0.05) is 45.0 Å². The van der Waals surface area contributed by atoms with Crippen molar-refractivity contribution < 1.29 is 8.83 Å². The van der Waals surface area contributed by atoms with Gasteiger partial charge in [-0.3, -0.25) is 4.98 Å². The molecule has 7 nitrogen and oxygen atoms in total. The van der Waals surface area contributed by atoms with Gasteiger partial charge in [-0.25, -0.2) is 19.9 Å². The third kappa shape index (κ3) is 5.47. The molecule has 0 unspecified atom stereocenters. The molecule has 6 aromatic carbocycles. The van der Waals surface area contributed by atoms with Crippen molar-refractivity contribution in [2.24, 2.45) is 0 Å². The number of para-hydroxylation sites is 5. The highest BCUT2D eigenvalue weighted by Crippen LogP contribution is 2.33. The van der Waals surface area contributed by atoms with Crippen molar-refractivity contribution in [3.05, 3.63) is 164 Å². The summed E-state index contributed by atoms with van der Waals surface area (Å²) in [6.45, 7) is 0. The zero-order chi connectivity index (χ0) is 34.4. The molecule has 0 atom stereocenters. The number of fused-ring (bicyclic) bond motifs is 3. The van der Waals surface area contributed by atoms with Gasteiger partial charge in [-0.15, -0.1) is 0 Å². The molecule has 0 aliphatic carbocycles. The van der Waals surface area contributed by atoms with Crippen LogP contribution in [0.5, 0.6) is 0 Å². The molecule has 0 spiro atoms. The zero-order valence-electron chi connectivity index (χ0n) is 27.6. The first-order valence-electron chi connectivity index (χ1n) is 17.0. The van der Waals surface area contributed by atoms with Gasteiger partial charge in [0.25, 0.3) is 0 Å². The lowest BCUT2D eigenvalue weighted by molar-refractivity contribution is 0.619. The van der Waals surface area contributed by atoms with Crippen LogP contribution in [-0.4, -0.2) is 24.9 Å². The smallest absolute Gasteiger partial charge is 0.227 e. The fraction of sp³-hybridized carbons (Fsp3) is 0. The molecular formula is C45H27N5O2. The summed E-state index contributed by atoms with van der Waals surface area (Å²) in [4.78, 5) is 24.2. The molecule has 0 bridgehead atoms. The Morgan fingerprint density at radius 2 is 0.808 bits per heavy atom. The van der Waals surface area contributed by atoms with Crippen molar-refractivity contribution in [3.63, 3.8) is 0 Å². The van der Waals surface area contributed by atoms with Gasteiger partial charge in [-0.05, 0) is 72.3 Å². The number of nitrogens with zero attached hydrogens (tertiary/aromatic N) is 5. The molecule has 52 heavy (non-hydrogen) atoms. The van der Waals surface area contributed by atoms with Crippen LogP contribution in [0.25, 0.3) is 101 Å². The molecular weight excluding hydrogens is 643 g/mol. The van der Waals surface area contributed by atoms with Gasteiger partial charge in [-0.2, -0.15) is 0 Å². The minimum atomic E-state index is 0.581. The molecule has 0 aliphatic heterocycles. The van der Waals surface area contributed by atoms with Crippen LogP contribution < -0.4 is 0 Å². The normalized spacial score (nSPS) is 11.5. The summed E-state index contributed by atoms with van der Waals surface area (Å²) < 4.78 is 12.0. The van der Waals surface area contributed by atoms with Crippen molar-refractivity contribution in [2.45, 2.75) is 0 Å². The van der Waals surface area contributed by atoms with Gasteiger partial charge in [-0.1, -0.05) is 91.0 Å². The maximum Gasteiger partial charge on any atom is 0.227 e. The van der Waals surface area contributed by atoms with Crippen molar-refractivity contribution in [2.75, 3.05) is 0 Å². The Balaban J connectivity index is 1.02. The first-order valence-corrected chi connectivity index (χ1v) is 17.0. The predicted molar refractivity (Wildman–Crippen MR) is 205 cm³/mol. The standard InChI is InChI=1S/C45H27N5O2/c1-2-8-36-34(7-1)25-35(27-46-36)28-13-19-31(20-14-28)43-47-39(29-15-21-32(22-16-29)44-49-37-9-3-5-11-41(37)51-44)26-40(48-43)30-17-23-33(24-18-30)45-50-38-10-4-6-12-42(38)52-45/h1-27H. The number of benzene rings is 6. The van der Waals surface area contributed by atoms with Crippen LogP contribution in [0.3, 0.4) is 0 Å². The van der Waals surface area contributed by atoms with Crippen LogP contribution in [0.4, 0.5) is 0 Å². The predicted octanol–water partition coefficient (Wildman–Crippen LogP) is 11.3. The first kappa shape index (κ1) is 29.6. The topological polar surface area (TPSA) is 90.7 Å². The molecule has 0 aliphatic rings. The van der Waals surface area contributed by atoms with E-state index in [1.165, 1.54) is 0 Å². The third-order valence-corrected chi connectivity index (χ3v) is 9.24. The van der Waals surface area contributed by atoms with Crippen LogP contribution in [0.1, 0.15) is 0 Å². The van der Waals surface area contributed by atoms with E-state index in [4.69, 9.17) is 18.8 Å². The molecule has 4 aromatic heterocycles. The second-order valence-electron chi connectivity index (χ2n) is 12.6. The highest BCUT2D eigenvalue weighted by Gasteiger charge is 2.14. The third-order valence-electron chi connectivity index (χ3n) is 9.24. The Bertz CT molecular complexity index is 2690. The Kier molecular flexibility index (Phi) is 6.99. The molecule has 0 fully saturated rings. The molecule has 10 aromatic rings. The Labute approximate surface area is 298 Å². The minimum absolute atomic E-state index is 0.581. The van der Waals surface area contributed by atoms with E-state index in [2.05, 4.69) is 51.4 Å². The van der Waals surface area contributed by atoms with Gasteiger partial charge in [0.2, 0.25) is 11.8 Å². The van der Waals surface area contributed by atoms with Gasteiger partial charge in [0.1, 0.15) is 11.0 Å². The van der Waals surface area contributed by atoms with Crippen molar-refractivity contribution in [1.82, 2.24) is 24.9 Å². The lowest BCUT2D eigenvalue weighted by Crippen LogP contribution is -1.96. The number of aromatic nitrogens is 5. The summed E-state index contributed by atoms with van der Waals surface area (Å²) in [5.41, 5.74) is 12.5. The van der Waals surface area contributed by atoms with Crippen LogP contribution in [0, 0.1) is 0 Å². The lowest BCUT2D eigenvalue weighted by atomic mass is 10.0. The van der Waals surface area contributed by atoms with Crippen LogP contribution in [-0.2, 0) is 0 Å². The van der Waals surface area contributed by atoms with E-state index in [0.29, 0.717) is 17.6 Å². The number of hydrogen-bond acceptors (Lipinski definition) is 7. The molecule has 10 rings (SSSR count). The Morgan fingerprint density at radius 1 is 0.346 bits per heavy atom. The molecule has 0 saturated carbocycles. The van der Waals surface area contributed by atoms with E-state index >= 15 is 0 Å². The van der Waals surface area contributed by atoms with Crippen molar-refractivity contribution in [3.8, 4) is 67.9 Å². The first-order chi connectivity index (χ1) is 25.7. The quantitative estimate of drug-likeness (QED) is 0.174. The summed E-state index contributed by atoms with van der Waals surface area (Å²) in [6.07, 6.45) is 1.92. The van der Waals surface area contributed by atoms with Gasteiger partial charge >= 0.3 is 0 Å². The molecule has 0 radical (unpaired) electrons. The lowest BCUT2D eigenvalue weighted by Gasteiger charge is -2.11. The van der Waals surface area contributed by atoms with Gasteiger partial charge in [0.15, 0.2) is 17.0 Å². The van der Waals surface area contributed by atoms with Gasteiger partial charge in [0.05, 0.1) is 16.9 Å². The fourth-order valence-corrected chi connectivity index (χ4v) is 6.47. The number of oxazole rings is 2. The second kappa shape index (κ2) is 12.3. The molecule has 7 heteroatoms. The summed E-state index contributed by atoms with van der Waals surface area (Å²) >= 11 is 0. The molecule has 0 amide bonds. The molecule has 0 N–H and O–H groups in total. The van der Waals surface area contributed by atoms with Gasteiger partial charge < -0.3 is 8.83 Å². The summed E-state index contributed by atoms with van der Waals surface area (Å²) in [5.74, 6) is 1.79. The van der Waals surface area contributed by atoms with Crippen LogP contribution >= 0.6 is 0 Å². The maximum atomic E-state index is 6.02. The van der Waals surface area contributed by atoms with E-state index in [9.17, 15) is 0 Å². The number of rotatable bonds is 6. The maximum absolute atomic E-state index is 6.02. The number of hydrogen-bond donors (Lipinski definition) is 0. The molecule has 0 saturated heterocycles. The molecule has 244 valence electrons. The average Bonchev–Trinajstić information content (AvgIpc) is 3.86. The SMILES string of the molecule is c1ccc2ncc(-c3ccc(-c4nc(-c5ccc(-c6nc7ccccc7o6)cc5)cc(-c5ccc(-c6nc7ccccc7o6)cc5)n4)cc3)cc2c1. The molecule has 4 heterocycles. The average molecular weight is 670 g/mol. The van der Waals surface area contributed by atoms with E-state index in [1.54, 1.807) is 0 Å². The highest BCUT2D eigenvalue weighted by atomic mass is 16.4. The minimum Gasteiger partial charge on any atom is -0.436 e. The largest absolute Gasteiger partial charge is 0.436 e. The monoisotopic (exact) mass is 669 g/mol. The Morgan fingerprint density at radius 3 is 1.37 bits per heavy atom.